The molecule has 4 unspecified atom stereocenters. The lowest BCUT2D eigenvalue weighted by Gasteiger charge is -2.29. The molecule has 0 aromatic heterocycles. The molecule has 1 amide bonds. The number of amides is 1. The van der Waals surface area contributed by atoms with E-state index in [1.165, 1.54) is 4.90 Å². The third kappa shape index (κ3) is 2.29. The van der Waals surface area contributed by atoms with Crippen molar-refractivity contribution in [1.82, 2.24) is 4.90 Å². The number of hydrogen-bond acceptors (Lipinski definition) is 3. The average molecular weight is 277 g/mol. The Morgan fingerprint density at radius 2 is 1.95 bits per heavy atom. The van der Waals surface area contributed by atoms with Crippen LogP contribution in [0.15, 0.2) is 30.3 Å². The zero-order valence-electron chi connectivity index (χ0n) is 11.6. The number of aliphatic carboxylic acids is 1. The van der Waals surface area contributed by atoms with Crippen LogP contribution in [-0.2, 0) is 9.59 Å². The van der Waals surface area contributed by atoms with E-state index in [9.17, 15) is 19.8 Å². The zero-order chi connectivity index (χ0) is 14.9. The minimum atomic E-state index is -1.26. The summed E-state index contributed by atoms with van der Waals surface area (Å²) in [5.41, 5.74) is 0.851. The lowest BCUT2D eigenvalue weighted by Crippen LogP contribution is -2.34. The number of carboxylic acid groups (broad SMARTS) is 1. The Morgan fingerprint density at radius 3 is 2.45 bits per heavy atom. The van der Waals surface area contributed by atoms with Crippen molar-refractivity contribution < 1.29 is 19.8 Å². The first-order valence-corrected chi connectivity index (χ1v) is 6.71. The van der Waals surface area contributed by atoms with Crippen molar-refractivity contribution in [1.29, 1.82) is 0 Å². The molecule has 0 saturated carbocycles. The summed E-state index contributed by atoms with van der Waals surface area (Å²) in [6.45, 7) is 1.76. The summed E-state index contributed by atoms with van der Waals surface area (Å²) in [6.07, 6.45) is -0.882. The molecule has 2 N–H and O–H groups in total. The minimum Gasteiger partial charge on any atom is -0.481 e. The number of aliphatic hydroxyl groups excluding tert-OH is 1. The Balaban J connectivity index is 2.45. The van der Waals surface area contributed by atoms with Gasteiger partial charge in [-0.1, -0.05) is 37.3 Å². The predicted molar refractivity (Wildman–Crippen MR) is 72.9 cm³/mol. The summed E-state index contributed by atoms with van der Waals surface area (Å²) in [5, 5.41) is 19.5. The second-order valence-corrected chi connectivity index (χ2v) is 5.18. The van der Waals surface area contributed by atoms with Gasteiger partial charge >= 0.3 is 5.97 Å². The molecule has 4 atom stereocenters. The fourth-order valence-electron chi connectivity index (χ4n) is 3.09. The van der Waals surface area contributed by atoms with E-state index >= 15 is 0 Å². The number of carbonyl (C=O) groups excluding carboxylic acids is 1. The van der Waals surface area contributed by atoms with Gasteiger partial charge in [0.15, 0.2) is 0 Å². The van der Waals surface area contributed by atoms with E-state index in [1.54, 1.807) is 14.0 Å². The van der Waals surface area contributed by atoms with Crippen molar-refractivity contribution in [3.05, 3.63) is 35.9 Å². The molecule has 0 bridgehead atoms. The Hall–Kier alpha value is -1.88. The number of hydrogen-bond donors (Lipinski definition) is 2. The van der Waals surface area contributed by atoms with Crippen LogP contribution in [0.4, 0.5) is 0 Å². The summed E-state index contributed by atoms with van der Waals surface area (Å²) in [6, 6.07) is 8.86. The van der Waals surface area contributed by atoms with Gasteiger partial charge in [-0.25, -0.2) is 0 Å². The van der Waals surface area contributed by atoms with Gasteiger partial charge in [0.05, 0.1) is 12.0 Å². The van der Waals surface area contributed by atoms with E-state index in [1.807, 2.05) is 30.3 Å². The Bertz CT molecular complexity index is 502. The van der Waals surface area contributed by atoms with E-state index < -0.39 is 35.9 Å². The van der Waals surface area contributed by atoms with Crippen LogP contribution in [0.3, 0.4) is 0 Å². The van der Waals surface area contributed by atoms with Crippen LogP contribution in [0.2, 0.25) is 0 Å². The van der Waals surface area contributed by atoms with Crippen molar-refractivity contribution in [3.8, 4) is 0 Å². The van der Waals surface area contributed by atoms with Crippen molar-refractivity contribution in [2.24, 2.45) is 11.8 Å². The maximum Gasteiger partial charge on any atom is 0.306 e. The van der Waals surface area contributed by atoms with E-state index in [-0.39, 0.29) is 0 Å². The number of likely N-dealkylation sites (tertiary alicyclic amines) is 1. The number of carboxylic acids is 1. The first-order chi connectivity index (χ1) is 9.49. The van der Waals surface area contributed by atoms with Gasteiger partial charge in [-0.15, -0.1) is 0 Å². The molecular formula is C15H19NO4. The van der Waals surface area contributed by atoms with Crippen LogP contribution in [0, 0.1) is 11.8 Å². The summed E-state index contributed by atoms with van der Waals surface area (Å²) in [4.78, 5) is 24.9. The largest absolute Gasteiger partial charge is 0.481 e. The quantitative estimate of drug-likeness (QED) is 0.869. The van der Waals surface area contributed by atoms with E-state index in [0.29, 0.717) is 6.42 Å². The molecule has 0 spiro atoms. The first kappa shape index (κ1) is 14.5. The van der Waals surface area contributed by atoms with Crippen LogP contribution >= 0.6 is 0 Å². The van der Waals surface area contributed by atoms with Crippen molar-refractivity contribution in [3.63, 3.8) is 0 Å². The molecular weight excluding hydrogens is 258 g/mol. The highest BCUT2D eigenvalue weighted by Crippen LogP contribution is 2.42. The van der Waals surface area contributed by atoms with Crippen molar-refractivity contribution in [2.45, 2.75) is 25.5 Å². The fraction of sp³-hybridized carbons (Fsp3) is 0.467. The Morgan fingerprint density at radius 1 is 1.35 bits per heavy atom. The molecule has 1 aromatic carbocycles. The molecule has 1 aliphatic heterocycles. The number of aliphatic hydroxyl groups is 1. The lowest BCUT2D eigenvalue weighted by atomic mass is 9.80. The van der Waals surface area contributed by atoms with Crippen LogP contribution in [0.25, 0.3) is 0 Å². The highest BCUT2D eigenvalue weighted by atomic mass is 16.4. The highest BCUT2D eigenvalue weighted by Gasteiger charge is 2.51. The molecule has 1 heterocycles. The standard InChI is InChI=1S/C15H19NO4/c1-3-10(15(19)20)11-12(9-7-5-4-6-8-9)16(2)14(18)13(11)17/h4-8,10-13,17H,3H2,1-2H3,(H,19,20). The van der Waals surface area contributed by atoms with E-state index in [4.69, 9.17) is 0 Å². The molecule has 20 heavy (non-hydrogen) atoms. The van der Waals surface area contributed by atoms with Crippen LogP contribution in [0.1, 0.15) is 24.9 Å². The Kier molecular flexibility index (Phi) is 4.09. The van der Waals surface area contributed by atoms with Gasteiger partial charge in [0.25, 0.3) is 5.91 Å². The van der Waals surface area contributed by atoms with Gasteiger partial charge in [-0.2, -0.15) is 0 Å². The average Bonchev–Trinajstić information content (AvgIpc) is 2.65. The SMILES string of the molecule is CCC(C(=O)O)C1C(O)C(=O)N(C)C1c1ccccc1. The zero-order valence-corrected chi connectivity index (χ0v) is 11.6. The second-order valence-electron chi connectivity index (χ2n) is 5.18. The molecule has 0 radical (unpaired) electrons. The van der Waals surface area contributed by atoms with Gasteiger partial charge in [0.2, 0.25) is 0 Å². The molecule has 108 valence electrons. The third-order valence-corrected chi connectivity index (χ3v) is 4.11. The molecule has 5 heteroatoms. The van der Waals surface area contributed by atoms with Crippen molar-refractivity contribution in [2.75, 3.05) is 7.05 Å². The monoisotopic (exact) mass is 277 g/mol. The molecule has 5 nitrogen and oxygen atoms in total. The van der Waals surface area contributed by atoms with Gasteiger partial charge in [0, 0.05) is 13.0 Å². The number of benzene rings is 1. The summed E-state index contributed by atoms with van der Waals surface area (Å²) >= 11 is 0. The van der Waals surface area contributed by atoms with Crippen LogP contribution in [0.5, 0.6) is 0 Å². The second kappa shape index (κ2) is 5.63. The summed E-state index contributed by atoms with van der Waals surface area (Å²) in [5.74, 6) is -2.76. The molecule has 1 aliphatic rings. The van der Waals surface area contributed by atoms with Gasteiger partial charge in [-0.3, -0.25) is 9.59 Å². The maximum absolute atomic E-state index is 12.0. The van der Waals surface area contributed by atoms with Crippen LogP contribution < -0.4 is 0 Å². The van der Waals surface area contributed by atoms with Gasteiger partial charge in [-0.05, 0) is 12.0 Å². The minimum absolute atomic E-state index is 0.377. The molecule has 2 rings (SSSR count). The fourth-order valence-corrected chi connectivity index (χ4v) is 3.09. The number of carbonyl (C=O) groups is 2. The predicted octanol–water partition coefficient (Wildman–Crippen LogP) is 1.29. The lowest BCUT2D eigenvalue weighted by molar-refractivity contribution is -0.146. The summed E-state index contributed by atoms with van der Waals surface area (Å²) < 4.78 is 0. The van der Waals surface area contributed by atoms with E-state index in [2.05, 4.69) is 0 Å². The third-order valence-electron chi connectivity index (χ3n) is 4.11. The molecule has 1 fully saturated rings. The maximum atomic E-state index is 12.0. The highest BCUT2D eigenvalue weighted by molar-refractivity contribution is 5.85. The number of nitrogens with zero attached hydrogens (tertiary/aromatic N) is 1. The van der Waals surface area contributed by atoms with E-state index in [0.717, 1.165) is 5.56 Å². The number of rotatable bonds is 4. The normalized spacial score (nSPS) is 27.6. The number of likely N-dealkylation sites (N-methyl/N-ethyl adjacent to an activating group) is 1. The first-order valence-electron chi connectivity index (χ1n) is 6.71. The van der Waals surface area contributed by atoms with Crippen LogP contribution in [-0.4, -0.2) is 40.1 Å². The summed E-state index contributed by atoms with van der Waals surface area (Å²) in [7, 11) is 1.61. The molecule has 1 aromatic rings. The Labute approximate surface area is 117 Å². The van der Waals surface area contributed by atoms with Gasteiger partial charge < -0.3 is 15.1 Å². The smallest absolute Gasteiger partial charge is 0.306 e. The van der Waals surface area contributed by atoms with Gasteiger partial charge in [0.1, 0.15) is 6.10 Å². The topological polar surface area (TPSA) is 77.8 Å². The molecule has 1 saturated heterocycles. The van der Waals surface area contributed by atoms with Crippen molar-refractivity contribution >= 4 is 11.9 Å². The molecule has 0 aliphatic carbocycles.